The minimum Gasteiger partial charge on any atom is -0.497 e. The van der Waals surface area contributed by atoms with Gasteiger partial charge in [0, 0.05) is 32.6 Å². The summed E-state index contributed by atoms with van der Waals surface area (Å²) < 4.78 is 53.3. The zero-order valence-electron chi connectivity index (χ0n) is 16.9. The van der Waals surface area contributed by atoms with Crippen molar-refractivity contribution in [2.24, 2.45) is 0 Å². The van der Waals surface area contributed by atoms with E-state index >= 15 is 0 Å². The van der Waals surface area contributed by atoms with Gasteiger partial charge in [-0.15, -0.1) is 0 Å². The SMILES string of the molecule is COCCN(Cc1nccn1Cc1cccc(F)c1)S(=O)(=O)c1ccc(OC)cc1. The Balaban J connectivity index is 1.85. The zero-order valence-corrected chi connectivity index (χ0v) is 17.7. The predicted molar refractivity (Wildman–Crippen MR) is 110 cm³/mol. The Kier molecular flexibility index (Phi) is 7.20. The van der Waals surface area contributed by atoms with Crippen molar-refractivity contribution in [3.05, 3.63) is 78.1 Å². The summed E-state index contributed by atoms with van der Waals surface area (Å²) in [6.07, 6.45) is 3.35. The molecule has 3 rings (SSSR count). The highest BCUT2D eigenvalue weighted by atomic mass is 32.2. The van der Waals surface area contributed by atoms with Crippen molar-refractivity contribution in [2.75, 3.05) is 27.4 Å². The van der Waals surface area contributed by atoms with Crippen LogP contribution in [0.25, 0.3) is 0 Å². The first kappa shape index (κ1) is 21.9. The molecule has 9 heteroatoms. The Bertz CT molecular complexity index is 1070. The highest BCUT2D eigenvalue weighted by molar-refractivity contribution is 7.89. The summed E-state index contributed by atoms with van der Waals surface area (Å²) in [6.45, 7) is 0.839. The number of methoxy groups -OCH3 is 2. The van der Waals surface area contributed by atoms with Crippen LogP contribution in [0.5, 0.6) is 5.75 Å². The van der Waals surface area contributed by atoms with Crippen molar-refractivity contribution in [2.45, 2.75) is 18.0 Å². The number of halogens is 1. The molecule has 0 aliphatic carbocycles. The molecule has 0 bridgehead atoms. The lowest BCUT2D eigenvalue weighted by molar-refractivity contribution is 0.176. The Labute approximate surface area is 175 Å². The van der Waals surface area contributed by atoms with E-state index in [2.05, 4.69) is 4.98 Å². The van der Waals surface area contributed by atoms with Crippen LogP contribution in [-0.2, 0) is 27.8 Å². The molecule has 0 spiro atoms. The normalized spacial score (nSPS) is 11.7. The molecule has 0 N–H and O–H groups in total. The second-order valence-corrected chi connectivity index (χ2v) is 8.55. The average molecular weight is 434 g/mol. The van der Waals surface area contributed by atoms with Crippen LogP contribution in [0.3, 0.4) is 0 Å². The number of ether oxygens (including phenoxy) is 2. The van der Waals surface area contributed by atoms with Gasteiger partial charge in [0.15, 0.2) is 0 Å². The molecular formula is C21H24FN3O4S. The van der Waals surface area contributed by atoms with Crippen LogP contribution in [0.2, 0.25) is 0 Å². The Morgan fingerprint density at radius 2 is 1.90 bits per heavy atom. The van der Waals surface area contributed by atoms with Crippen LogP contribution < -0.4 is 4.74 Å². The fourth-order valence-electron chi connectivity index (χ4n) is 3.00. The minimum atomic E-state index is -3.79. The van der Waals surface area contributed by atoms with Gasteiger partial charge in [0.05, 0.1) is 25.2 Å². The first-order chi connectivity index (χ1) is 14.4. The molecular weight excluding hydrogens is 409 g/mol. The Morgan fingerprint density at radius 3 is 2.57 bits per heavy atom. The smallest absolute Gasteiger partial charge is 0.243 e. The molecule has 30 heavy (non-hydrogen) atoms. The summed E-state index contributed by atoms with van der Waals surface area (Å²) >= 11 is 0. The third-order valence-corrected chi connectivity index (χ3v) is 6.46. The van der Waals surface area contributed by atoms with E-state index in [0.29, 0.717) is 18.1 Å². The first-order valence-electron chi connectivity index (χ1n) is 9.31. The van der Waals surface area contributed by atoms with E-state index in [4.69, 9.17) is 9.47 Å². The number of aromatic nitrogens is 2. The third kappa shape index (κ3) is 5.24. The maximum Gasteiger partial charge on any atom is 0.243 e. The highest BCUT2D eigenvalue weighted by Gasteiger charge is 2.26. The fraction of sp³-hybridized carbons (Fsp3) is 0.286. The summed E-state index contributed by atoms with van der Waals surface area (Å²) in [5, 5.41) is 0. The monoisotopic (exact) mass is 433 g/mol. The van der Waals surface area contributed by atoms with E-state index in [0.717, 1.165) is 5.56 Å². The van der Waals surface area contributed by atoms with Gasteiger partial charge in [-0.2, -0.15) is 4.31 Å². The standard InChI is InChI=1S/C21H24FN3O4S/c1-28-13-12-25(30(26,27)20-8-6-19(29-2)7-9-20)16-21-23-10-11-24(21)15-17-4-3-5-18(22)14-17/h3-11,14H,12-13,15-16H2,1-2H3. The largest absolute Gasteiger partial charge is 0.497 e. The first-order valence-corrected chi connectivity index (χ1v) is 10.8. The molecule has 7 nitrogen and oxygen atoms in total. The van der Waals surface area contributed by atoms with Crippen molar-refractivity contribution in [1.29, 1.82) is 0 Å². The van der Waals surface area contributed by atoms with E-state index in [9.17, 15) is 12.8 Å². The van der Waals surface area contributed by atoms with E-state index in [1.54, 1.807) is 35.2 Å². The van der Waals surface area contributed by atoms with Gasteiger partial charge in [-0.25, -0.2) is 17.8 Å². The molecule has 0 amide bonds. The van der Waals surface area contributed by atoms with Crippen LogP contribution in [0.15, 0.2) is 65.8 Å². The number of hydrogen-bond acceptors (Lipinski definition) is 5. The van der Waals surface area contributed by atoms with Gasteiger partial charge in [-0.1, -0.05) is 12.1 Å². The molecule has 0 aliphatic rings. The molecule has 1 heterocycles. The maximum absolute atomic E-state index is 13.5. The zero-order chi connectivity index (χ0) is 21.6. The van der Waals surface area contributed by atoms with E-state index < -0.39 is 10.0 Å². The molecule has 2 aromatic carbocycles. The Morgan fingerprint density at radius 1 is 1.13 bits per heavy atom. The van der Waals surface area contributed by atoms with Crippen LogP contribution in [0.4, 0.5) is 4.39 Å². The van der Waals surface area contributed by atoms with E-state index in [-0.39, 0.29) is 30.4 Å². The third-order valence-electron chi connectivity index (χ3n) is 4.60. The van der Waals surface area contributed by atoms with Crippen molar-refractivity contribution in [1.82, 2.24) is 13.9 Å². The van der Waals surface area contributed by atoms with Gasteiger partial charge in [0.1, 0.15) is 17.4 Å². The summed E-state index contributed by atoms with van der Waals surface area (Å²) in [5.41, 5.74) is 0.760. The number of rotatable bonds is 10. The van der Waals surface area contributed by atoms with Gasteiger partial charge in [-0.05, 0) is 42.0 Å². The molecule has 0 saturated carbocycles. The number of benzene rings is 2. The summed E-state index contributed by atoms with van der Waals surface area (Å²) in [4.78, 5) is 4.47. The lowest BCUT2D eigenvalue weighted by Gasteiger charge is -2.22. The molecule has 0 radical (unpaired) electrons. The molecule has 160 valence electrons. The van der Waals surface area contributed by atoms with Crippen LogP contribution in [0, 0.1) is 5.82 Å². The predicted octanol–water partition coefficient (Wildman–Crippen LogP) is 2.92. The number of nitrogens with zero attached hydrogens (tertiary/aromatic N) is 3. The molecule has 0 saturated heterocycles. The lowest BCUT2D eigenvalue weighted by atomic mass is 10.2. The molecule has 3 aromatic rings. The van der Waals surface area contributed by atoms with Gasteiger partial charge in [0.25, 0.3) is 0 Å². The highest BCUT2D eigenvalue weighted by Crippen LogP contribution is 2.21. The van der Waals surface area contributed by atoms with Crippen LogP contribution >= 0.6 is 0 Å². The van der Waals surface area contributed by atoms with Crippen LogP contribution in [0.1, 0.15) is 11.4 Å². The maximum atomic E-state index is 13.5. The Hall–Kier alpha value is -2.75. The van der Waals surface area contributed by atoms with E-state index in [1.807, 2.05) is 6.07 Å². The average Bonchev–Trinajstić information content (AvgIpc) is 3.17. The molecule has 1 aromatic heterocycles. The summed E-state index contributed by atoms with van der Waals surface area (Å²) in [5.74, 6) is 0.799. The lowest BCUT2D eigenvalue weighted by Crippen LogP contribution is -2.34. The number of hydrogen-bond donors (Lipinski definition) is 0. The van der Waals surface area contributed by atoms with Crippen molar-refractivity contribution < 1.29 is 22.3 Å². The molecule has 0 aliphatic heterocycles. The number of sulfonamides is 1. The molecule has 0 fully saturated rings. The summed E-state index contributed by atoms with van der Waals surface area (Å²) in [6, 6.07) is 12.5. The van der Waals surface area contributed by atoms with Crippen molar-refractivity contribution in [3.8, 4) is 5.75 Å². The second-order valence-electron chi connectivity index (χ2n) is 6.61. The topological polar surface area (TPSA) is 73.7 Å². The quantitative estimate of drug-likeness (QED) is 0.492. The van der Waals surface area contributed by atoms with Gasteiger partial charge < -0.3 is 14.0 Å². The van der Waals surface area contributed by atoms with Gasteiger partial charge in [0.2, 0.25) is 10.0 Å². The van der Waals surface area contributed by atoms with Crippen LogP contribution in [-0.4, -0.2) is 49.6 Å². The number of imidazole rings is 1. The second kappa shape index (κ2) is 9.84. The minimum absolute atomic E-state index is 0.0556. The molecule has 0 unspecified atom stereocenters. The van der Waals surface area contributed by atoms with Crippen molar-refractivity contribution >= 4 is 10.0 Å². The van der Waals surface area contributed by atoms with Gasteiger partial charge >= 0.3 is 0 Å². The molecule has 0 atom stereocenters. The van der Waals surface area contributed by atoms with E-state index in [1.165, 1.54) is 42.8 Å². The van der Waals surface area contributed by atoms with Gasteiger partial charge in [-0.3, -0.25) is 0 Å². The summed E-state index contributed by atoms with van der Waals surface area (Å²) in [7, 11) is -0.749. The van der Waals surface area contributed by atoms with Crippen molar-refractivity contribution in [3.63, 3.8) is 0 Å². The fourth-order valence-corrected chi connectivity index (χ4v) is 4.38.